The summed E-state index contributed by atoms with van der Waals surface area (Å²) < 4.78 is 6.85. The quantitative estimate of drug-likeness (QED) is 0.572. The molecule has 0 aliphatic rings. The Morgan fingerprint density at radius 3 is 2.79 bits per heavy atom. The second kappa shape index (κ2) is 6.45. The van der Waals surface area contributed by atoms with Crippen molar-refractivity contribution in [1.29, 1.82) is 0 Å². The lowest BCUT2D eigenvalue weighted by atomic mass is 10.2. The molecule has 0 bridgehead atoms. The number of benzene rings is 2. The summed E-state index contributed by atoms with van der Waals surface area (Å²) in [5.41, 5.74) is 4.71. The number of phenols is 1. The monoisotopic (exact) mass is 323 g/mol. The molecule has 0 radical (unpaired) electrons. The number of nitrogens with zero attached hydrogens (tertiary/aromatic N) is 2. The highest BCUT2D eigenvalue weighted by atomic mass is 16.5. The molecule has 0 fully saturated rings. The third kappa shape index (κ3) is 2.94. The molecule has 1 aromatic heterocycles. The summed E-state index contributed by atoms with van der Waals surface area (Å²) in [5, 5.41) is 14.5. The second-order valence-electron chi connectivity index (χ2n) is 5.28. The lowest BCUT2D eigenvalue weighted by Crippen LogP contribution is -2.20. The number of methoxy groups -OCH3 is 1. The Balaban J connectivity index is 1.76. The molecular weight excluding hydrogens is 306 g/mol. The summed E-state index contributed by atoms with van der Waals surface area (Å²) in [4.78, 5) is 12.3. The van der Waals surface area contributed by atoms with Gasteiger partial charge in [-0.15, -0.1) is 0 Å². The number of carbonyl (C=O) groups excluding carboxylic acids is 1. The number of carbonyl (C=O) groups is 1. The molecule has 0 saturated heterocycles. The number of aromatic nitrogens is 1. The van der Waals surface area contributed by atoms with Crippen LogP contribution in [0.4, 0.5) is 0 Å². The highest BCUT2D eigenvalue weighted by Gasteiger charge is 2.12. The zero-order valence-electron chi connectivity index (χ0n) is 13.4. The predicted octanol–water partition coefficient (Wildman–Crippen LogP) is 2.66. The normalized spacial score (nSPS) is 11.1. The molecule has 0 atom stereocenters. The molecule has 2 N–H and O–H groups in total. The number of phenolic OH excluding ortho intramolecular Hbond substituents is 1. The third-order valence-electron chi connectivity index (χ3n) is 3.77. The van der Waals surface area contributed by atoms with E-state index in [0.29, 0.717) is 17.0 Å². The maximum Gasteiger partial charge on any atom is 0.287 e. The van der Waals surface area contributed by atoms with Gasteiger partial charge in [-0.1, -0.05) is 18.2 Å². The van der Waals surface area contributed by atoms with Gasteiger partial charge in [0.15, 0.2) is 11.5 Å². The Hall–Kier alpha value is -3.28. The van der Waals surface area contributed by atoms with Crippen molar-refractivity contribution in [1.82, 2.24) is 9.99 Å². The minimum atomic E-state index is -0.296. The van der Waals surface area contributed by atoms with Crippen molar-refractivity contribution in [2.75, 3.05) is 7.11 Å². The molecule has 2 aromatic carbocycles. The van der Waals surface area contributed by atoms with Crippen LogP contribution in [0.5, 0.6) is 11.5 Å². The first-order chi connectivity index (χ1) is 11.6. The zero-order valence-corrected chi connectivity index (χ0v) is 13.4. The van der Waals surface area contributed by atoms with Gasteiger partial charge >= 0.3 is 0 Å². The first-order valence-electron chi connectivity index (χ1n) is 7.35. The number of aryl methyl sites for hydroxylation is 1. The number of hydrogen-bond donors (Lipinski definition) is 2. The lowest BCUT2D eigenvalue weighted by molar-refractivity contribution is 0.0947. The minimum absolute atomic E-state index is 0.0502. The number of ether oxygens (including phenoxy) is 1. The Kier molecular flexibility index (Phi) is 4.20. The van der Waals surface area contributed by atoms with Crippen LogP contribution in [0.25, 0.3) is 10.9 Å². The Morgan fingerprint density at radius 1 is 1.25 bits per heavy atom. The molecular formula is C18H17N3O3. The fourth-order valence-corrected chi connectivity index (χ4v) is 2.50. The molecule has 6 heteroatoms. The van der Waals surface area contributed by atoms with E-state index in [1.807, 2.05) is 41.9 Å². The van der Waals surface area contributed by atoms with Gasteiger partial charge in [0.2, 0.25) is 0 Å². The minimum Gasteiger partial charge on any atom is -0.504 e. The number of amides is 1. The van der Waals surface area contributed by atoms with Gasteiger partial charge in [0.05, 0.1) is 13.3 Å². The van der Waals surface area contributed by atoms with E-state index in [-0.39, 0.29) is 11.7 Å². The number of fused-ring (bicyclic) bond motifs is 1. The van der Waals surface area contributed by atoms with E-state index < -0.39 is 0 Å². The molecule has 24 heavy (non-hydrogen) atoms. The molecule has 0 unspecified atom stereocenters. The summed E-state index contributed by atoms with van der Waals surface area (Å²) in [7, 11) is 3.31. The molecule has 1 amide bonds. The molecule has 0 saturated carbocycles. The molecule has 0 aliphatic carbocycles. The van der Waals surface area contributed by atoms with E-state index in [1.165, 1.54) is 19.4 Å². The number of para-hydroxylation sites is 1. The molecule has 6 nitrogen and oxygen atoms in total. The number of hydrazone groups is 1. The van der Waals surface area contributed by atoms with Crippen molar-refractivity contribution in [3.8, 4) is 11.5 Å². The topological polar surface area (TPSA) is 75.8 Å². The summed E-state index contributed by atoms with van der Waals surface area (Å²) in [6.07, 6.45) is 1.49. The van der Waals surface area contributed by atoms with Gasteiger partial charge in [-0.05, 0) is 35.9 Å². The van der Waals surface area contributed by atoms with Crippen molar-refractivity contribution in [2.24, 2.45) is 12.1 Å². The van der Waals surface area contributed by atoms with E-state index in [0.717, 1.165) is 10.9 Å². The number of rotatable bonds is 4. The SMILES string of the molecule is COc1cc(/C=N/NC(=O)c2cc3ccccc3n2C)ccc1O. The van der Waals surface area contributed by atoms with Crippen LogP contribution in [0.15, 0.2) is 53.6 Å². The smallest absolute Gasteiger partial charge is 0.287 e. The van der Waals surface area contributed by atoms with Gasteiger partial charge in [-0.2, -0.15) is 5.10 Å². The van der Waals surface area contributed by atoms with Crippen LogP contribution in [-0.4, -0.2) is 28.9 Å². The first kappa shape index (κ1) is 15.6. The van der Waals surface area contributed by atoms with E-state index >= 15 is 0 Å². The fraction of sp³-hybridized carbons (Fsp3) is 0.111. The number of hydrogen-bond acceptors (Lipinski definition) is 4. The van der Waals surface area contributed by atoms with Gasteiger partial charge < -0.3 is 14.4 Å². The van der Waals surface area contributed by atoms with Crippen molar-refractivity contribution < 1.29 is 14.6 Å². The first-order valence-corrected chi connectivity index (χ1v) is 7.35. The third-order valence-corrected chi connectivity index (χ3v) is 3.77. The van der Waals surface area contributed by atoms with Crippen molar-refractivity contribution in [2.45, 2.75) is 0 Å². The molecule has 1 heterocycles. The molecule has 3 aromatic rings. The van der Waals surface area contributed by atoms with Gasteiger partial charge in [0.1, 0.15) is 5.69 Å². The van der Waals surface area contributed by atoms with Gasteiger partial charge in [-0.25, -0.2) is 5.43 Å². The van der Waals surface area contributed by atoms with Gasteiger partial charge in [0, 0.05) is 18.0 Å². The Bertz CT molecular complexity index is 928. The maximum atomic E-state index is 12.3. The van der Waals surface area contributed by atoms with Gasteiger partial charge in [0.25, 0.3) is 5.91 Å². The van der Waals surface area contributed by atoms with Crippen molar-refractivity contribution in [3.05, 3.63) is 59.8 Å². The van der Waals surface area contributed by atoms with Gasteiger partial charge in [-0.3, -0.25) is 4.79 Å². The van der Waals surface area contributed by atoms with Crippen LogP contribution >= 0.6 is 0 Å². The summed E-state index contributed by atoms with van der Waals surface area (Å²) in [5.74, 6) is 0.101. The average molecular weight is 323 g/mol. The molecule has 0 aliphatic heterocycles. The van der Waals surface area contributed by atoms with Crippen LogP contribution in [-0.2, 0) is 7.05 Å². The van der Waals surface area contributed by atoms with Crippen LogP contribution in [0, 0.1) is 0 Å². The molecule has 3 rings (SSSR count). The van der Waals surface area contributed by atoms with Crippen LogP contribution < -0.4 is 10.2 Å². The van der Waals surface area contributed by atoms with E-state index in [1.54, 1.807) is 12.1 Å². The van der Waals surface area contributed by atoms with Crippen LogP contribution in [0.1, 0.15) is 16.1 Å². The highest BCUT2D eigenvalue weighted by molar-refractivity contribution is 5.99. The second-order valence-corrected chi connectivity index (χ2v) is 5.28. The fourth-order valence-electron chi connectivity index (χ4n) is 2.50. The summed E-state index contributed by atoms with van der Waals surface area (Å²) in [6.45, 7) is 0. The maximum absolute atomic E-state index is 12.3. The average Bonchev–Trinajstić information content (AvgIpc) is 2.93. The lowest BCUT2D eigenvalue weighted by Gasteiger charge is -2.04. The highest BCUT2D eigenvalue weighted by Crippen LogP contribution is 2.25. The number of nitrogens with one attached hydrogen (secondary N) is 1. The van der Waals surface area contributed by atoms with E-state index in [2.05, 4.69) is 10.5 Å². The summed E-state index contributed by atoms with van der Waals surface area (Å²) >= 11 is 0. The Morgan fingerprint density at radius 2 is 2.04 bits per heavy atom. The summed E-state index contributed by atoms with van der Waals surface area (Å²) in [6, 6.07) is 14.4. The van der Waals surface area contributed by atoms with E-state index in [4.69, 9.17) is 4.74 Å². The zero-order chi connectivity index (χ0) is 17.1. The van der Waals surface area contributed by atoms with Crippen LogP contribution in [0.3, 0.4) is 0 Å². The Labute approximate surface area is 139 Å². The molecule has 0 spiro atoms. The predicted molar refractivity (Wildman–Crippen MR) is 92.6 cm³/mol. The standard InChI is InChI=1S/C18H17N3O3/c1-21-14-6-4-3-5-13(14)10-15(21)18(23)20-19-11-12-7-8-16(22)17(9-12)24-2/h3-11,22H,1-2H3,(H,20,23)/b19-11+. The van der Waals surface area contributed by atoms with Crippen LogP contribution in [0.2, 0.25) is 0 Å². The number of aromatic hydroxyl groups is 1. The largest absolute Gasteiger partial charge is 0.504 e. The van der Waals surface area contributed by atoms with Crippen molar-refractivity contribution in [3.63, 3.8) is 0 Å². The van der Waals surface area contributed by atoms with Crippen molar-refractivity contribution >= 4 is 23.0 Å². The molecule has 122 valence electrons. The van der Waals surface area contributed by atoms with E-state index in [9.17, 15) is 9.90 Å².